The van der Waals surface area contributed by atoms with Gasteiger partial charge in [-0.3, -0.25) is 9.58 Å². The standard InChI is InChI=1S/C23H35N3O3S/c1-4-19-9-20-21(30-19)5-8-29-23(20)6-7-25(17(2)10-23)12-18-11-24-26(13-18)14-22(3,15-27)16-28/h9,11,13,17,27-28H,4-8,10,12,14-16H2,1-3H3/t17-,23+/m0/s1. The normalized spacial score (nSPS) is 25.0. The van der Waals surface area contributed by atoms with Gasteiger partial charge < -0.3 is 14.9 Å². The highest BCUT2D eigenvalue weighted by molar-refractivity contribution is 7.12. The van der Waals surface area contributed by atoms with Crippen molar-refractivity contribution in [3.8, 4) is 0 Å². The summed E-state index contributed by atoms with van der Waals surface area (Å²) < 4.78 is 8.30. The van der Waals surface area contributed by atoms with Crippen LogP contribution in [0.5, 0.6) is 0 Å². The van der Waals surface area contributed by atoms with Crippen molar-refractivity contribution in [2.75, 3.05) is 26.4 Å². The highest BCUT2D eigenvalue weighted by atomic mass is 32.1. The lowest BCUT2D eigenvalue weighted by atomic mass is 9.79. The quantitative estimate of drug-likeness (QED) is 0.703. The Morgan fingerprint density at radius 2 is 2.17 bits per heavy atom. The molecular formula is C23H35N3O3S. The molecule has 0 bridgehead atoms. The zero-order chi connectivity index (χ0) is 21.4. The van der Waals surface area contributed by atoms with E-state index in [0.717, 1.165) is 45.4 Å². The third-order valence-corrected chi connectivity index (χ3v) is 8.18. The largest absolute Gasteiger partial charge is 0.396 e. The molecule has 2 aromatic heterocycles. The zero-order valence-corrected chi connectivity index (χ0v) is 19.2. The van der Waals surface area contributed by atoms with Crippen LogP contribution in [0, 0.1) is 5.41 Å². The minimum Gasteiger partial charge on any atom is -0.396 e. The van der Waals surface area contributed by atoms with E-state index in [1.807, 2.05) is 35.3 Å². The highest BCUT2D eigenvalue weighted by Crippen LogP contribution is 2.46. The molecule has 2 atom stereocenters. The van der Waals surface area contributed by atoms with Crippen LogP contribution in [0.2, 0.25) is 0 Å². The predicted molar refractivity (Wildman–Crippen MR) is 119 cm³/mol. The average Bonchev–Trinajstić information content (AvgIpc) is 3.37. The number of nitrogens with zero attached hydrogens (tertiary/aromatic N) is 3. The maximum absolute atomic E-state index is 9.54. The SMILES string of the molecule is CCc1cc2c(s1)CCO[C@@]21CCN(Cc2cnn(CC(C)(CO)CO)c2)[C@@H](C)C1. The van der Waals surface area contributed by atoms with Crippen molar-refractivity contribution in [1.82, 2.24) is 14.7 Å². The second-order valence-electron chi connectivity index (χ2n) is 9.44. The topological polar surface area (TPSA) is 70.8 Å². The molecular weight excluding hydrogens is 398 g/mol. The Balaban J connectivity index is 1.42. The number of rotatable bonds is 7. The minimum absolute atomic E-state index is 0.0613. The van der Waals surface area contributed by atoms with Crippen molar-refractivity contribution < 1.29 is 14.9 Å². The van der Waals surface area contributed by atoms with Crippen LogP contribution in [0.25, 0.3) is 0 Å². The van der Waals surface area contributed by atoms with Gasteiger partial charge in [-0.1, -0.05) is 13.8 Å². The molecule has 2 aliphatic heterocycles. The van der Waals surface area contributed by atoms with Gasteiger partial charge in [0.2, 0.25) is 0 Å². The van der Waals surface area contributed by atoms with Crippen LogP contribution in [-0.4, -0.2) is 57.3 Å². The van der Waals surface area contributed by atoms with Crippen LogP contribution in [0.1, 0.15) is 54.5 Å². The summed E-state index contributed by atoms with van der Waals surface area (Å²) in [7, 11) is 0. The van der Waals surface area contributed by atoms with E-state index in [-0.39, 0.29) is 18.8 Å². The fraction of sp³-hybridized carbons (Fsp3) is 0.696. The number of aryl methyl sites for hydroxylation is 1. The van der Waals surface area contributed by atoms with E-state index >= 15 is 0 Å². The monoisotopic (exact) mass is 433 g/mol. The molecule has 1 fully saturated rings. The lowest BCUT2D eigenvalue weighted by Gasteiger charge is -2.47. The molecule has 0 saturated carbocycles. The summed E-state index contributed by atoms with van der Waals surface area (Å²) >= 11 is 1.98. The molecule has 1 spiro atoms. The fourth-order valence-electron chi connectivity index (χ4n) is 4.86. The summed E-state index contributed by atoms with van der Waals surface area (Å²) in [6, 6.07) is 2.84. The highest BCUT2D eigenvalue weighted by Gasteiger charge is 2.44. The van der Waals surface area contributed by atoms with Gasteiger partial charge in [0, 0.05) is 52.5 Å². The van der Waals surface area contributed by atoms with E-state index < -0.39 is 5.41 Å². The van der Waals surface area contributed by atoms with Crippen molar-refractivity contribution >= 4 is 11.3 Å². The number of hydrogen-bond donors (Lipinski definition) is 2. The molecule has 4 rings (SSSR count). The summed E-state index contributed by atoms with van der Waals surface area (Å²) in [6.07, 6.45) is 8.17. The fourth-order valence-corrected chi connectivity index (χ4v) is 6.04. The first-order valence-corrected chi connectivity index (χ1v) is 11.9. The summed E-state index contributed by atoms with van der Waals surface area (Å²) in [5, 5.41) is 23.5. The smallest absolute Gasteiger partial charge is 0.0969 e. The van der Waals surface area contributed by atoms with Crippen molar-refractivity contribution in [1.29, 1.82) is 0 Å². The van der Waals surface area contributed by atoms with Gasteiger partial charge in [-0.25, -0.2) is 0 Å². The Morgan fingerprint density at radius 1 is 1.37 bits per heavy atom. The molecule has 2 N–H and O–H groups in total. The first-order chi connectivity index (χ1) is 14.4. The van der Waals surface area contributed by atoms with Crippen molar-refractivity contribution in [3.05, 3.63) is 39.3 Å². The second kappa shape index (κ2) is 8.71. The molecule has 2 aromatic rings. The molecule has 0 unspecified atom stereocenters. The van der Waals surface area contributed by atoms with Crippen LogP contribution in [-0.2, 0) is 36.3 Å². The maximum Gasteiger partial charge on any atom is 0.0969 e. The number of aliphatic hydroxyl groups excluding tert-OH is 2. The Labute approximate surface area is 183 Å². The lowest BCUT2D eigenvalue weighted by molar-refractivity contribution is -0.112. The van der Waals surface area contributed by atoms with Gasteiger partial charge in [0.15, 0.2) is 0 Å². The Morgan fingerprint density at radius 3 is 2.87 bits per heavy atom. The minimum atomic E-state index is -0.554. The van der Waals surface area contributed by atoms with Crippen LogP contribution < -0.4 is 0 Å². The van der Waals surface area contributed by atoms with Crippen molar-refractivity contribution in [2.45, 2.75) is 71.2 Å². The first-order valence-electron chi connectivity index (χ1n) is 11.1. The third-order valence-electron chi connectivity index (χ3n) is 6.84. The molecule has 166 valence electrons. The molecule has 4 heterocycles. The summed E-state index contributed by atoms with van der Waals surface area (Å²) in [6.45, 7) is 9.51. The van der Waals surface area contributed by atoms with E-state index in [4.69, 9.17) is 4.74 Å². The van der Waals surface area contributed by atoms with Gasteiger partial charge in [-0.2, -0.15) is 5.10 Å². The Kier molecular flexibility index (Phi) is 6.38. The van der Waals surface area contributed by atoms with Crippen LogP contribution in [0.4, 0.5) is 0 Å². The zero-order valence-electron chi connectivity index (χ0n) is 18.4. The van der Waals surface area contributed by atoms with E-state index in [1.54, 1.807) is 0 Å². The molecule has 6 nitrogen and oxygen atoms in total. The predicted octanol–water partition coefficient (Wildman–Crippen LogP) is 2.95. The maximum atomic E-state index is 9.54. The average molecular weight is 434 g/mol. The van der Waals surface area contributed by atoms with Gasteiger partial charge in [0.25, 0.3) is 0 Å². The molecule has 7 heteroatoms. The van der Waals surface area contributed by atoms with Gasteiger partial charge in [-0.15, -0.1) is 11.3 Å². The first kappa shape index (κ1) is 22.0. The number of likely N-dealkylation sites (tertiary alicyclic amines) is 1. The molecule has 30 heavy (non-hydrogen) atoms. The van der Waals surface area contributed by atoms with E-state index in [2.05, 4.69) is 29.9 Å². The number of fused-ring (bicyclic) bond motifs is 2. The number of piperidine rings is 1. The van der Waals surface area contributed by atoms with Gasteiger partial charge >= 0.3 is 0 Å². The lowest BCUT2D eigenvalue weighted by Crippen LogP contribution is -2.50. The van der Waals surface area contributed by atoms with Gasteiger partial charge in [0.1, 0.15) is 0 Å². The van der Waals surface area contributed by atoms with Crippen LogP contribution in [0.3, 0.4) is 0 Å². The summed E-state index contributed by atoms with van der Waals surface area (Å²) in [4.78, 5) is 5.54. The van der Waals surface area contributed by atoms with E-state index in [9.17, 15) is 10.2 Å². The molecule has 0 aliphatic carbocycles. The molecule has 2 aliphatic rings. The summed E-state index contributed by atoms with van der Waals surface area (Å²) in [5.74, 6) is 0. The Bertz CT molecular complexity index is 860. The molecule has 1 saturated heterocycles. The Hall–Kier alpha value is -1.25. The van der Waals surface area contributed by atoms with Crippen molar-refractivity contribution in [3.63, 3.8) is 0 Å². The molecule has 0 radical (unpaired) electrons. The van der Waals surface area contributed by atoms with Crippen LogP contribution >= 0.6 is 11.3 Å². The van der Waals surface area contributed by atoms with Gasteiger partial charge in [0.05, 0.1) is 38.2 Å². The molecule has 0 amide bonds. The van der Waals surface area contributed by atoms with E-state index in [1.165, 1.54) is 20.9 Å². The number of ether oxygens (including phenoxy) is 1. The second-order valence-corrected chi connectivity index (χ2v) is 10.7. The molecule has 0 aromatic carbocycles. The number of aromatic nitrogens is 2. The number of aliphatic hydroxyl groups is 2. The summed E-state index contributed by atoms with van der Waals surface area (Å²) in [5.41, 5.74) is 1.97. The van der Waals surface area contributed by atoms with Crippen molar-refractivity contribution in [2.24, 2.45) is 5.41 Å². The third kappa shape index (κ3) is 4.23. The number of hydrogen-bond acceptors (Lipinski definition) is 6. The van der Waals surface area contributed by atoms with Crippen LogP contribution in [0.15, 0.2) is 18.5 Å². The number of thiophene rings is 1. The van der Waals surface area contributed by atoms with E-state index in [0.29, 0.717) is 12.6 Å². The van der Waals surface area contributed by atoms with Gasteiger partial charge in [-0.05, 0) is 37.8 Å².